The van der Waals surface area contributed by atoms with Crippen LogP contribution in [0.2, 0.25) is 0 Å². The number of carbonyl (C=O) groups excluding carboxylic acids is 2. The number of rotatable bonds is 11. The van der Waals surface area contributed by atoms with E-state index in [1.165, 1.54) is 18.9 Å². The van der Waals surface area contributed by atoms with Gasteiger partial charge in [0.1, 0.15) is 29.9 Å². The van der Waals surface area contributed by atoms with E-state index in [1.807, 2.05) is 0 Å². The molecule has 1 fully saturated rings. The van der Waals surface area contributed by atoms with Crippen LogP contribution in [0.5, 0.6) is 5.75 Å². The summed E-state index contributed by atoms with van der Waals surface area (Å²) in [6.45, 7) is 6.37. The molecule has 0 saturated heterocycles. The molecule has 0 bridgehead atoms. The minimum atomic E-state index is -0.867. The number of hydrogen-bond donors (Lipinski definition) is 3. The van der Waals surface area contributed by atoms with Crippen LogP contribution < -0.4 is 20.7 Å². The molecule has 1 amide bonds. The molecule has 1 heterocycles. The third-order valence-corrected chi connectivity index (χ3v) is 6.02. The number of aldehydes is 1. The second-order valence-corrected chi connectivity index (χ2v) is 10.1. The predicted octanol–water partition coefficient (Wildman–Crippen LogP) is 4.54. The smallest absolute Gasteiger partial charge is 0.237 e. The minimum Gasteiger partial charge on any atom is -0.491 e. The molecule has 1 aliphatic heterocycles. The highest BCUT2D eigenvalue weighted by atomic mass is 19.1. The molecule has 38 heavy (non-hydrogen) atoms. The average molecular weight is 528 g/mol. The minimum absolute atomic E-state index is 0.286. The van der Waals surface area contributed by atoms with Crippen molar-refractivity contribution in [1.82, 2.24) is 4.90 Å². The van der Waals surface area contributed by atoms with Crippen LogP contribution in [0.15, 0.2) is 41.4 Å². The quantitative estimate of drug-likeness (QED) is 0.224. The van der Waals surface area contributed by atoms with E-state index in [1.54, 1.807) is 37.4 Å². The third-order valence-electron chi connectivity index (χ3n) is 6.02. The zero-order chi connectivity index (χ0) is 27.7. The molecule has 3 N–H and O–H groups in total. The number of hydrogen-bond acceptors (Lipinski definition) is 8. The van der Waals surface area contributed by atoms with Gasteiger partial charge in [-0.25, -0.2) is 9.38 Å². The second kappa shape index (κ2) is 13.3. The van der Waals surface area contributed by atoms with Crippen molar-refractivity contribution in [3.8, 4) is 5.75 Å². The van der Waals surface area contributed by atoms with Crippen LogP contribution in [0.25, 0.3) is 0 Å². The van der Waals surface area contributed by atoms with Crippen LogP contribution in [-0.2, 0) is 14.3 Å². The highest BCUT2D eigenvalue weighted by Crippen LogP contribution is 2.44. The van der Waals surface area contributed by atoms with Crippen LogP contribution in [0.1, 0.15) is 38.4 Å². The molecule has 9 nitrogen and oxygen atoms in total. The van der Waals surface area contributed by atoms with Gasteiger partial charge in [-0.2, -0.15) is 0 Å². The average Bonchev–Trinajstić information content (AvgIpc) is 3.66. The van der Waals surface area contributed by atoms with E-state index in [-0.39, 0.29) is 5.91 Å². The van der Waals surface area contributed by atoms with Crippen molar-refractivity contribution >= 4 is 35.6 Å². The monoisotopic (exact) mass is 527 g/mol. The summed E-state index contributed by atoms with van der Waals surface area (Å²) < 4.78 is 25.3. The molecular formula is C28H38FN5O4. The molecule has 0 spiro atoms. The van der Waals surface area contributed by atoms with Gasteiger partial charge in [0.15, 0.2) is 6.17 Å². The van der Waals surface area contributed by atoms with E-state index in [9.17, 15) is 14.0 Å². The highest BCUT2D eigenvalue weighted by Gasteiger charge is 2.50. The molecule has 1 aliphatic carbocycles. The SMILES string of the molecule is CC(C)CN(C)C.COCCOc1cc(F)c2c(c1)NC=NC2Nc1ccc(NC(=O)C2(C=O)CC2)cc1. The van der Waals surface area contributed by atoms with E-state index >= 15 is 0 Å². The number of fused-ring (bicyclic) bond motifs is 1. The van der Waals surface area contributed by atoms with Crippen molar-refractivity contribution < 1.29 is 23.5 Å². The van der Waals surface area contributed by atoms with Crippen molar-refractivity contribution in [2.75, 3.05) is 56.9 Å². The van der Waals surface area contributed by atoms with Crippen molar-refractivity contribution in [1.29, 1.82) is 0 Å². The Balaban J connectivity index is 0.000000505. The number of methoxy groups -OCH3 is 1. The maximum Gasteiger partial charge on any atom is 0.237 e. The van der Waals surface area contributed by atoms with Gasteiger partial charge in [-0.3, -0.25) is 4.79 Å². The lowest BCUT2D eigenvalue weighted by Gasteiger charge is -2.24. The molecule has 1 saturated carbocycles. The summed E-state index contributed by atoms with van der Waals surface area (Å²) >= 11 is 0. The molecule has 2 aliphatic rings. The van der Waals surface area contributed by atoms with Gasteiger partial charge in [0.2, 0.25) is 5.91 Å². The lowest BCUT2D eigenvalue weighted by atomic mass is 10.1. The maximum atomic E-state index is 14.8. The van der Waals surface area contributed by atoms with Crippen LogP contribution in [0.4, 0.5) is 21.5 Å². The van der Waals surface area contributed by atoms with Crippen LogP contribution in [0.3, 0.4) is 0 Å². The summed E-state index contributed by atoms with van der Waals surface area (Å²) in [6, 6.07) is 9.99. The number of carbonyl (C=O) groups is 2. The van der Waals surface area contributed by atoms with Gasteiger partial charge >= 0.3 is 0 Å². The van der Waals surface area contributed by atoms with Crippen LogP contribution in [-0.4, -0.2) is 64.4 Å². The summed E-state index contributed by atoms with van der Waals surface area (Å²) in [4.78, 5) is 29.7. The van der Waals surface area contributed by atoms with Gasteiger partial charge in [-0.15, -0.1) is 0 Å². The Morgan fingerprint density at radius 2 is 1.89 bits per heavy atom. The lowest BCUT2D eigenvalue weighted by molar-refractivity contribution is -0.126. The molecule has 0 radical (unpaired) electrons. The zero-order valence-electron chi connectivity index (χ0n) is 22.7. The molecule has 2 aromatic carbocycles. The largest absolute Gasteiger partial charge is 0.491 e. The third kappa shape index (κ3) is 8.00. The number of halogens is 1. The van der Waals surface area contributed by atoms with Gasteiger partial charge in [0, 0.05) is 30.6 Å². The fourth-order valence-corrected chi connectivity index (χ4v) is 4.01. The second-order valence-electron chi connectivity index (χ2n) is 10.1. The number of benzene rings is 2. The molecule has 4 rings (SSSR count). The normalized spacial score (nSPS) is 16.6. The number of ether oxygens (including phenoxy) is 2. The van der Waals surface area contributed by atoms with E-state index in [0.29, 0.717) is 60.7 Å². The topological polar surface area (TPSA) is 104 Å². The summed E-state index contributed by atoms with van der Waals surface area (Å²) in [5.41, 5.74) is 1.35. The van der Waals surface area contributed by atoms with Crippen molar-refractivity contribution in [3.05, 3.63) is 47.8 Å². The number of aliphatic imine (C=N–C) groups is 1. The fraction of sp³-hybridized carbons (Fsp3) is 0.464. The number of anilines is 3. The first-order chi connectivity index (χ1) is 18.2. The van der Waals surface area contributed by atoms with Gasteiger partial charge < -0.3 is 35.1 Å². The first-order valence-corrected chi connectivity index (χ1v) is 12.7. The van der Waals surface area contributed by atoms with E-state index in [2.05, 4.69) is 53.8 Å². The Morgan fingerprint density at radius 1 is 1.21 bits per heavy atom. The maximum absolute atomic E-state index is 14.8. The molecule has 0 aromatic heterocycles. The Kier molecular flexibility index (Phi) is 10.2. The lowest BCUT2D eigenvalue weighted by Crippen LogP contribution is -2.25. The van der Waals surface area contributed by atoms with Gasteiger partial charge in [0.05, 0.1) is 24.2 Å². The molecule has 10 heteroatoms. The summed E-state index contributed by atoms with van der Waals surface area (Å²) in [5.74, 6) is 0.471. The summed E-state index contributed by atoms with van der Waals surface area (Å²) in [7, 11) is 5.76. The van der Waals surface area contributed by atoms with Gasteiger partial charge in [-0.05, 0) is 63.7 Å². The number of nitrogens with zero attached hydrogens (tertiary/aromatic N) is 2. The first-order valence-electron chi connectivity index (χ1n) is 12.7. The van der Waals surface area contributed by atoms with Crippen molar-refractivity contribution in [3.63, 3.8) is 0 Å². The zero-order valence-corrected chi connectivity index (χ0v) is 22.7. The summed E-state index contributed by atoms with van der Waals surface area (Å²) in [6.07, 6.45) is 2.75. The van der Waals surface area contributed by atoms with E-state index < -0.39 is 17.4 Å². The Labute approximate surface area is 223 Å². The standard InChI is InChI=1S/C22H23FN4O4.C6H15N/c1-30-8-9-31-16-10-17(23)19-18(11-16)24-13-25-20(19)26-14-2-4-15(5-3-14)27-21(29)22(12-28)6-7-22;1-6(2)5-7(3)4/h2-5,10-13,20,26H,6-9H2,1H3,(H,24,25)(H,27,29);6H,5H2,1-4H3. The van der Waals surface area contributed by atoms with Crippen molar-refractivity contribution in [2.24, 2.45) is 16.3 Å². The molecule has 1 unspecified atom stereocenters. The van der Waals surface area contributed by atoms with Crippen LogP contribution >= 0.6 is 0 Å². The van der Waals surface area contributed by atoms with Gasteiger partial charge in [-0.1, -0.05) is 13.8 Å². The predicted molar refractivity (Wildman–Crippen MR) is 148 cm³/mol. The van der Waals surface area contributed by atoms with E-state index in [4.69, 9.17) is 9.47 Å². The highest BCUT2D eigenvalue weighted by molar-refractivity contribution is 6.07. The first kappa shape index (κ1) is 29.1. The number of amides is 1. The Morgan fingerprint density at radius 3 is 2.45 bits per heavy atom. The molecule has 1 atom stereocenters. The number of nitrogens with one attached hydrogen (secondary N) is 3. The Bertz CT molecular complexity index is 1110. The van der Waals surface area contributed by atoms with Crippen LogP contribution in [0, 0.1) is 17.2 Å². The van der Waals surface area contributed by atoms with Gasteiger partial charge in [0.25, 0.3) is 0 Å². The van der Waals surface area contributed by atoms with E-state index in [0.717, 1.165) is 5.92 Å². The van der Waals surface area contributed by atoms with Crippen molar-refractivity contribution in [2.45, 2.75) is 32.9 Å². The molecule has 2 aromatic rings. The molecular weight excluding hydrogens is 489 g/mol. The fourth-order valence-electron chi connectivity index (χ4n) is 4.01. The summed E-state index contributed by atoms with van der Waals surface area (Å²) in [5, 5.41) is 8.88. The molecule has 206 valence electrons. The Hall–Kier alpha value is -3.50.